The van der Waals surface area contributed by atoms with E-state index in [1.807, 2.05) is 18.1 Å². The van der Waals surface area contributed by atoms with E-state index in [0.717, 1.165) is 18.2 Å². The van der Waals surface area contributed by atoms with Gasteiger partial charge in [-0.05, 0) is 43.6 Å². The maximum atomic E-state index is 13.1. The average molecular weight is 319 g/mol. The Kier molecular flexibility index (Phi) is 5.95. The molecule has 3 N–H and O–H groups in total. The van der Waals surface area contributed by atoms with Crippen LogP contribution in [0.1, 0.15) is 24.5 Å². The number of anilines is 1. The fraction of sp³-hybridized carbons (Fsp3) is 0.500. The summed E-state index contributed by atoms with van der Waals surface area (Å²) in [6.07, 6.45) is -1.65. The van der Waals surface area contributed by atoms with Crippen LogP contribution in [0.15, 0.2) is 18.2 Å². The summed E-state index contributed by atoms with van der Waals surface area (Å²) in [7, 11) is 1.77. The van der Waals surface area contributed by atoms with E-state index in [9.17, 15) is 13.2 Å². The number of halogens is 3. The van der Waals surface area contributed by atoms with E-state index >= 15 is 0 Å². The number of hydrogen-bond donors (Lipinski definition) is 2. The summed E-state index contributed by atoms with van der Waals surface area (Å²) in [5, 5.41) is 7.27. The maximum absolute atomic E-state index is 13.1. The highest BCUT2D eigenvalue weighted by atomic mass is 32.2. The van der Waals surface area contributed by atoms with Crippen molar-refractivity contribution in [2.75, 3.05) is 24.0 Å². The van der Waals surface area contributed by atoms with Gasteiger partial charge in [0.15, 0.2) is 0 Å². The van der Waals surface area contributed by atoms with E-state index in [-0.39, 0.29) is 11.6 Å². The molecule has 1 aromatic carbocycles. The van der Waals surface area contributed by atoms with Gasteiger partial charge in [0.2, 0.25) is 0 Å². The van der Waals surface area contributed by atoms with Gasteiger partial charge in [0.05, 0.1) is 5.56 Å². The molecule has 3 nitrogen and oxygen atoms in total. The van der Waals surface area contributed by atoms with Crippen molar-refractivity contribution < 1.29 is 13.2 Å². The first-order valence-corrected chi connectivity index (χ1v) is 7.85. The topological polar surface area (TPSA) is 53.1 Å². The first-order valence-electron chi connectivity index (χ1n) is 6.46. The van der Waals surface area contributed by atoms with Crippen LogP contribution in [0.25, 0.3) is 0 Å². The molecular formula is C14H20F3N3S. The normalized spacial score (nSPS) is 13.0. The Morgan fingerprint density at radius 1 is 1.43 bits per heavy atom. The number of rotatable bonds is 6. The fourth-order valence-corrected chi connectivity index (χ4v) is 2.53. The van der Waals surface area contributed by atoms with Crippen molar-refractivity contribution in [3.63, 3.8) is 0 Å². The van der Waals surface area contributed by atoms with Gasteiger partial charge in [-0.1, -0.05) is 0 Å². The summed E-state index contributed by atoms with van der Waals surface area (Å²) in [6.45, 7) is 1.97. The van der Waals surface area contributed by atoms with Crippen LogP contribution in [0.3, 0.4) is 0 Å². The minimum Gasteiger partial charge on any atom is -0.384 e. The predicted octanol–water partition coefficient (Wildman–Crippen LogP) is 3.57. The number of nitrogens with two attached hydrogens (primary N) is 1. The number of thioether (sulfide) groups is 1. The van der Waals surface area contributed by atoms with E-state index in [1.54, 1.807) is 24.9 Å². The van der Waals surface area contributed by atoms with Crippen molar-refractivity contribution in [2.24, 2.45) is 5.73 Å². The molecule has 1 atom stereocenters. The molecule has 1 unspecified atom stereocenters. The third-order valence-corrected chi connectivity index (χ3v) is 4.05. The minimum atomic E-state index is -4.53. The molecule has 0 aliphatic rings. The third-order valence-electron chi connectivity index (χ3n) is 3.41. The summed E-state index contributed by atoms with van der Waals surface area (Å²) >= 11 is 1.70. The van der Waals surface area contributed by atoms with Crippen molar-refractivity contribution in [1.29, 1.82) is 5.41 Å². The van der Waals surface area contributed by atoms with Gasteiger partial charge in [0.25, 0.3) is 0 Å². The number of nitrogen functional groups attached to an aromatic ring is 1. The molecule has 1 aromatic rings. The van der Waals surface area contributed by atoms with Crippen LogP contribution in [0.2, 0.25) is 0 Å². The second-order valence-corrected chi connectivity index (χ2v) is 5.87. The van der Waals surface area contributed by atoms with Gasteiger partial charge in [-0.15, -0.1) is 0 Å². The quantitative estimate of drug-likeness (QED) is 0.622. The maximum Gasteiger partial charge on any atom is 0.417 e. The molecule has 0 aliphatic carbocycles. The molecule has 0 spiro atoms. The van der Waals surface area contributed by atoms with E-state index in [0.29, 0.717) is 5.69 Å². The lowest BCUT2D eigenvalue weighted by Crippen LogP contribution is -2.30. The van der Waals surface area contributed by atoms with Gasteiger partial charge in [-0.3, -0.25) is 5.41 Å². The third kappa shape index (κ3) is 4.56. The number of nitrogens with zero attached hydrogens (tertiary/aromatic N) is 1. The molecule has 0 heterocycles. The zero-order valence-corrected chi connectivity index (χ0v) is 13.1. The van der Waals surface area contributed by atoms with Crippen molar-refractivity contribution in [3.8, 4) is 0 Å². The monoisotopic (exact) mass is 319 g/mol. The predicted molar refractivity (Wildman–Crippen MR) is 83.3 cm³/mol. The Hall–Kier alpha value is -1.37. The van der Waals surface area contributed by atoms with Gasteiger partial charge >= 0.3 is 6.18 Å². The molecule has 0 radical (unpaired) electrons. The molecule has 21 heavy (non-hydrogen) atoms. The highest BCUT2D eigenvalue weighted by Gasteiger charge is 2.34. The average Bonchev–Trinajstić information content (AvgIpc) is 2.42. The molecule has 0 amide bonds. The van der Waals surface area contributed by atoms with Gasteiger partial charge in [0.1, 0.15) is 5.84 Å². The van der Waals surface area contributed by atoms with Crippen LogP contribution in [0, 0.1) is 5.41 Å². The van der Waals surface area contributed by atoms with Gasteiger partial charge < -0.3 is 10.6 Å². The van der Waals surface area contributed by atoms with Crippen LogP contribution in [0.5, 0.6) is 0 Å². The summed E-state index contributed by atoms with van der Waals surface area (Å²) in [6, 6.07) is 4.02. The number of benzene rings is 1. The molecule has 1 rings (SSSR count). The summed E-state index contributed by atoms with van der Waals surface area (Å²) in [5.41, 5.74) is 4.56. The number of alkyl halides is 3. The Bertz CT molecular complexity index is 503. The largest absolute Gasteiger partial charge is 0.417 e. The van der Waals surface area contributed by atoms with Gasteiger partial charge in [-0.25, -0.2) is 0 Å². The zero-order valence-electron chi connectivity index (χ0n) is 12.3. The van der Waals surface area contributed by atoms with Crippen LogP contribution in [0.4, 0.5) is 18.9 Å². The molecule has 0 aromatic heterocycles. The number of hydrogen-bond acceptors (Lipinski definition) is 3. The molecule has 118 valence electrons. The summed E-state index contributed by atoms with van der Waals surface area (Å²) < 4.78 is 39.2. The molecule has 0 bridgehead atoms. The standard InChI is InChI=1S/C14H20F3N3S/c1-9(6-7-21-3)20(2)10-4-5-11(13(18)19)12(8-10)14(15,16)17/h4-5,8-9H,6-7H2,1-3H3,(H3,18,19). The number of amidine groups is 1. The van der Waals surface area contributed by atoms with E-state index in [4.69, 9.17) is 11.1 Å². The van der Waals surface area contributed by atoms with Crippen LogP contribution in [-0.2, 0) is 6.18 Å². The summed E-state index contributed by atoms with van der Waals surface area (Å²) in [5.74, 6) is 0.371. The first kappa shape index (κ1) is 17.7. The van der Waals surface area contributed by atoms with Crippen LogP contribution < -0.4 is 10.6 Å². The lowest BCUT2D eigenvalue weighted by atomic mass is 10.0. The Morgan fingerprint density at radius 2 is 2.05 bits per heavy atom. The highest BCUT2D eigenvalue weighted by molar-refractivity contribution is 7.98. The molecule has 7 heteroatoms. The highest BCUT2D eigenvalue weighted by Crippen LogP contribution is 2.34. The lowest BCUT2D eigenvalue weighted by molar-refractivity contribution is -0.137. The summed E-state index contributed by atoms with van der Waals surface area (Å²) in [4.78, 5) is 1.81. The Labute approximate surface area is 127 Å². The zero-order chi connectivity index (χ0) is 16.2. The smallest absolute Gasteiger partial charge is 0.384 e. The van der Waals surface area contributed by atoms with E-state index < -0.39 is 17.6 Å². The molecular weight excluding hydrogens is 299 g/mol. The van der Waals surface area contributed by atoms with Crippen LogP contribution in [-0.4, -0.2) is 30.9 Å². The van der Waals surface area contributed by atoms with Crippen molar-refractivity contribution in [1.82, 2.24) is 0 Å². The Morgan fingerprint density at radius 3 is 2.52 bits per heavy atom. The minimum absolute atomic E-state index is 0.127. The second kappa shape index (κ2) is 7.06. The van der Waals surface area contributed by atoms with Crippen LogP contribution >= 0.6 is 11.8 Å². The molecule has 0 saturated carbocycles. The van der Waals surface area contributed by atoms with Crippen molar-refractivity contribution >= 4 is 23.3 Å². The van der Waals surface area contributed by atoms with Gasteiger partial charge in [0, 0.05) is 24.3 Å². The van der Waals surface area contributed by atoms with E-state index in [2.05, 4.69) is 0 Å². The molecule has 0 fully saturated rings. The number of nitrogens with one attached hydrogen (secondary N) is 1. The molecule has 0 saturated heterocycles. The van der Waals surface area contributed by atoms with E-state index in [1.165, 1.54) is 6.07 Å². The second-order valence-electron chi connectivity index (χ2n) is 4.88. The van der Waals surface area contributed by atoms with Crippen molar-refractivity contribution in [2.45, 2.75) is 25.6 Å². The Balaban J connectivity index is 3.13. The SMILES string of the molecule is CSCCC(C)N(C)c1ccc(C(=N)N)c(C(F)(F)F)c1. The fourth-order valence-electron chi connectivity index (χ4n) is 1.96. The molecule has 0 aliphatic heterocycles. The lowest BCUT2D eigenvalue weighted by Gasteiger charge is -2.28. The van der Waals surface area contributed by atoms with Gasteiger partial charge in [-0.2, -0.15) is 24.9 Å². The first-order chi connectivity index (χ1) is 9.68. The van der Waals surface area contributed by atoms with Crippen molar-refractivity contribution in [3.05, 3.63) is 29.3 Å².